The second kappa shape index (κ2) is 37.2. The molecule has 7 nitrogen and oxygen atoms in total. The molecule has 2 unspecified atom stereocenters. The zero-order chi connectivity index (χ0) is 53.3. The third-order valence-corrected chi connectivity index (χ3v) is 16.1. The summed E-state index contributed by atoms with van der Waals surface area (Å²) >= 11 is 0. The van der Waals surface area contributed by atoms with Gasteiger partial charge in [-0.3, -0.25) is 18.0 Å². The Hall–Kier alpha value is -4.61. The molecule has 1 fully saturated rings. The lowest BCUT2D eigenvalue weighted by Crippen LogP contribution is -2.23. The highest BCUT2D eigenvalue weighted by Gasteiger charge is 2.48. The number of aldehydes is 3. The molecule has 4 rings (SSSR count). The van der Waals surface area contributed by atoms with Crippen LogP contribution in [0.2, 0.25) is 0 Å². The number of hydrogen-bond acceptors (Lipinski definition) is 6. The molecule has 0 aliphatic heterocycles. The zero-order valence-corrected chi connectivity index (χ0v) is 47.7. The van der Waals surface area contributed by atoms with Gasteiger partial charge in [0.1, 0.15) is 18.9 Å². The number of allylic oxidation sites excluding steroid dienone is 10. The minimum atomic E-state index is -2.25. The van der Waals surface area contributed by atoms with E-state index in [1.165, 1.54) is 23.1 Å². The Kier molecular flexibility index (Phi) is 37.0. The standard InChI is InChI=1S/C15H16OS.C11H18O.C10H15NOS.2C10H16O.C3H8OS.CH4/c1-13(2)17(16,14-9-5-3-6-10-14)15-11-7-4-8-12-15;1-9(2)5-4-6-11(3)7-10(11)8-12;1-4-13(12,11(2)3)10-8-6-5-7-9-10;2*1-9(2)5-4-6-10(3)7-8-11;1-5(2,3)4;/h3-12H,1-2H3;5,8,10H,4,6-7H2,1-3H3;4-9H,1-3H3;2*5,7-8H,4,6H2,1-3H3;1H2,2-3H3;1H4/b;;;10-7+;10-7-;;/t;10-,11?;;;;;/m.1...../s1. The molecule has 3 aromatic rings. The first-order chi connectivity index (χ1) is 32.2. The first kappa shape index (κ1) is 69.6. The van der Waals surface area contributed by atoms with E-state index in [4.69, 9.17) is 0 Å². The van der Waals surface area contributed by atoms with Crippen molar-refractivity contribution in [3.8, 4) is 0 Å². The highest BCUT2D eigenvalue weighted by molar-refractivity contribution is 8.02. The molecule has 1 aliphatic rings. The average molecular weight is 1020 g/mol. The number of hydrogen-bond donors (Lipinski definition) is 0. The first-order valence-electron chi connectivity index (χ1n) is 23.5. The Morgan fingerprint density at radius 3 is 1.20 bits per heavy atom. The third kappa shape index (κ3) is 31.6. The Morgan fingerprint density at radius 1 is 0.614 bits per heavy atom. The topological polar surface area (TPSA) is 106 Å². The van der Waals surface area contributed by atoms with Crippen molar-refractivity contribution in [3.63, 3.8) is 0 Å². The van der Waals surface area contributed by atoms with E-state index in [0.29, 0.717) is 11.3 Å². The molecule has 392 valence electrons. The lowest BCUT2D eigenvalue weighted by molar-refractivity contribution is -0.109. The van der Waals surface area contributed by atoms with Crippen LogP contribution < -0.4 is 0 Å². The maximum atomic E-state index is 13.3. The molecule has 0 N–H and O–H groups in total. The number of nitrogens with zero attached hydrogens (tertiary/aromatic N) is 1. The van der Waals surface area contributed by atoms with Crippen LogP contribution in [0.4, 0.5) is 0 Å². The summed E-state index contributed by atoms with van der Waals surface area (Å²) in [4.78, 5) is 34.1. The summed E-state index contributed by atoms with van der Waals surface area (Å²) in [6.45, 7) is 24.4. The van der Waals surface area contributed by atoms with Gasteiger partial charge in [-0.05, 0) is 215 Å². The molecule has 1 aliphatic carbocycles. The molecule has 10 heteroatoms. The van der Waals surface area contributed by atoms with Crippen molar-refractivity contribution in [1.82, 2.24) is 4.31 Å². The van der Waals surface area contributed by atoms with Crippen LogP contribution in [0.15, 0.2) is 164 Å². The molecular formula is C60H93NO6S3. The second-order valence-corrected chi connectivity index (χ2v) is 27.4. The molecule has 70 heavy (non-hydrogen) atoms. The van der Waals surface area contributed by atoms with Gasteiger partial charge >= 0.3 is 0 Å². The smallest absolute Gasteiger partial charge is 0.142 e. The van der Waals surface area contributed by atoms with Crippen molar-refractivity contribution in [2.24, 2.45) is 11.3 Å². The third-order valence-electron chi connectivity index (χ3n) is 10.4. The van der Waals surface area contributed by atoms with Gasteiger partial charge in [0.25, 0.3) is 0 Å². The number of carbonyl (C=O) groups is 3. The fourth-order valence-corrected chi connectivity index (χ4v) is 10.2. The molecule has 0 heterocycles. The minimum Gasteiger partial charge on any atom is -0.303 e. The Bertz CT molecular complexity index is 2390. The Balaban J connectivity index is -0.000000787. The predicted molar refractivity (Wildman–Crippen MR) is 314 cm³/mol. The molecule has 3 atom stereocenters. The summed E-state index contributed by atoms with van der Waals surface area (Å²) in [6, 6.07) is 28.9. The van der Waals surface area contributed by atoms with Crippen LogP contribution in [0, 0.1) is 11.3 Å². The van der Waals surface area contributed by atoms with Crippen LogP contribution in [0.3, 0.4) is 0 Å². The van der Waals surface area contributed by atoms with E-state index >= 15 is 0 Å². The Labute approximate surface area is 429 Å². The lowest BCUT2D eigenvalue weighted by atomic mass is 9.99. The van der Waals surface area contributed by atoms with Crippen LogP contribution in [0.1, 0.15) is 135 Å². The number of rotatable bonds is 16. The van der Waals surface area contributed by atoms with Crippen LogP contribution >= 0.6 is 0 Å². The van der Waals surface area contributed by atoms with Crippen molar-refractivity contribution in [3.05, 3.63) is 149 Å². The minimum absolute atomic E-state index is 0. The zero-order valence-electron chi connectivity index (χ0n) is 45.2. The number of carbonyl (C=O) groups excluding carboxylic acids is 3. The van der Waals surface area contributed by atoms with Gasteiger partial charge in [0.2, 0.25) is 0 Å². The van der Waals surface area contributed by atoms with Crippen molar-refractivity contribution < 1.29 is 27.0 Å². The highest BCUT2D eigenvalue weighted by Crippen LogP contribution is 2.54. The molecule has 0 bridgehead atoms. The molecule has 0 amide bonds. The second-order valence-electron chi connectivity index (χ2n) is 18.8. The van der Waals surface area contributed by atoms with Crippen LogP contribution in [-0.2, 0) is 43.1 Å². The van der Waals surface area contributed by atoms with Crippen molar-refractivity contribution in [2.45, 2.75) is 150 Å². The van der Waals surface area contributed by atoms with E-state index in [1.54, 1.807) is 34.3 Å². The summed E-state index contributed by atoms with van der Waals surface area (Å²) in [5.74, 6) is 3.65. The van der Waals surface area contributed by atoms with E-state index in [1.807, 2.05) is 140 Å². The fraction of sp³-hybridized carbons (Fsp3) is 0.433. The van der Waals surface area contributed by atoms with Crippen molar-refractivity contribution in [1.29, 1.82) is 0 Å². The quantitative estimate of drug-likeness (QED) is 0.0612. The first-order valence-corrected chi connectivity index (χ1v) is 29.2. The van der Waals surface area contributed by atoms with Crippen LogP contribution in [0.5, 0.6) is 0 Å². The molecule has 1 saturated carbocycles. The normalized spacial score (nSPS) is 15.5. The summed E-state index contributed by atoms with van der Waals surface area (Å²) in [5.41, 5.74) is 6.69. The van der Waals surface area contributed by atoms with Gasteiger partial charge in [-0.2, -0.15) is 0 Å². The SMILES string of the molecule is C.C=S(C)(C)=O.CC(C)=CCC/C(C)=C/C=O.CC(C)=CCC/C(C)=C\C=O.CC(C)=CCCC1(C)C[C@@H]1C=O.CC(C)=S(=O)(c1ccccc1)c1ccccc1.CC=S(=O)(c1ccccc1)N(C)C. The summed E-state index contributed by atoms with van der Waals surface area (Å²) in [6.07, 6.45) is 23.3. The highest BCUT2D eigenvalue weighted by atomic mass is 32.2. The van der Waals surface area contributed by atoms with Crippen LogP contribution in [0.25, 0.3) is 0 Å². The molecule has 0 radical (unpaired) electrons. The van der Waals surface area contributed by atoms with E-state index in [2.05, 4.69) is 72.6 Å². The fourth-order valence-electron chi connectivity index (χ4n) is 6.21. The van der Waals surface area contributed by atoms with Gasteiger partial charge in [0.15, 0.2) is 0 Å². The summed E-state index contributed by atoms with van der Waals surface area (Å²) in [7, 11) is -2.37. The van der Waals surface area contributed by atoms with E-state index in [0.717, 1.165) is 88.1 Å². The maximum absolute atomic E-state index is 13.3. The van der Waals surface area contributed by atoms with E-state index in [-0.39, 0.29) is 7.43 Å². The van der Waals surface area contributed by atoms with Gasteiger partial charge < -0.3 is 4.79 Å². The Morgan fingerprint density at radius 2 is 0.943 bits per heavy atom. The molecule has 0 spiro atoms. The molecular weight excluding hydrogens is 927 g/mol. The van der Waals surface area contributed by atoms with Gasteiger partial charge in [-0.25, -0.2) is 8.51 Å². The largest absolute Gasteiger partial charge is 0.303 e. The maximum Gasteiger partial charge on any atom is 0.142 e. The van der Waals surface area contributed by atoms with Crippen LogP contribution in [-0.4, -0.2) is 78.5 Å². The molecule has 0 aromatic heterocycles. The summed E-state index contributed by atoms with van der Waals surface area (Å²) < 4.78 is 37.4. The number of benzene rings is 3. The van der Waals surface area contributed by atoms with E-state index < -0.39 is 28.8 Å². The van der Waals surface area contributed by atoms with Gasteiger partial charge in [0.05, 0.1) is 9.71 Å². The van der Waals surface area contributed by atoms with Crippen molar-refractivity contribution in [2.75, 3.05) is 26.6 Å². The van der Waals surface area contributed by atoms with Gasteiger partial charge in [-0.1, -0.05) is 115 Å². The predicted octanol–water partition coefficient (Wildman–Crippen LogP) is 14.5. The van der Waals surface area contributed by atoms with Gasteiger partial charge in [-0.15, -0.1) is 0 Å². The molecule has 3 aromatic carbocycles. The summed E-state index contributed by atoms with van der Waals surface area (Å²) in [5, 5.41) is 1.75. The van der Waals surface area contributed by atoms with Crippen molar-refractivity contribution >= 4 is 63.7 Å². The van der Waals surface area contributed by atoms with E-state index in [9.17, 15) is 27.0 Å². The van der Waals surface area contributed by atoms with Gasteiger partial charge in [0, 0.05) is 42.6 Å². The lowest BCUT2D eigenvalue weighted by Gasteiger charge is -2.17. The monoisotopic (exact) mass is 1020 g/mol. The molecule has 0 saturated heterocycles. The average Bonchev–Trinajstić information content (AvgIpc) is 3.95.